The van der Waals surface area contributed by atoms with Crippen molar-refractivity contribution in [1.29, 1.82) is 0 Å². The second-order valence-electron chi connectivity index (χ2n) is 8.05. The number of ether oxygens (including phenoxy) is 1. The first-order valence-electron chi connectivity index (χ1n) is 12.3. The van der Waals surface area contributed by atoms with Gasteiger partial charge in [-0.2, -0.15) is 0 Å². The molecule has 0 spiro atoms. The summed E-state index contributed by atoms with van der Waals surface area (Å²) in [5, 5.41) is 0. The lowest BCUT2D eigenvalue weighted by Gasteiger charge is -2.01. The zero-order chi connectivity index (χ0) is 20.5. The molecular weight excluding hydrogens is 344 g/mol. The molecule has 0 heterocycles. The summed E-state index contributed by atoms with van der Waals surface area (Å²) >= 11 is 0. The molecule has 0 saturated carbocycles. The molecular formula is C26H48O2. The van der Waals surface area contributed by atoms with E-state index in [1.807, 2.05) is 6.08 Å². The van der Waals surface area contributed by atoms with Gasteiger partial charge in [-0.05, 0) is 51.0 Å². The summed E-state index contributed by atoms with van der Waals surface area (Å²) in [5.74, 6) is -0.0811. The normalized spacial score (nSPS) is 11.6. The third-order valence-corrected chi connectivity index (χ3v) is 5.16. The average molecular weight is 393 g/mol. The molecule has 0 aromatic rings. The van der Waals surface area contributed by atoms with Gasteiger partial charge in [0.1, 0.15) is 0 Å². The molecule has 0 atom stereocenters. The fourth-order valence-corrected chi connectivity index (χ4v) is 3.28. The Balaban J connectivity index is 3.26. The predicted molar refractivity (Wildman–Crippen MR) is 123 cm³/mol. The fraction of sp³-hybridized carbons (Fsp3) is 0.808. The van der Waals surface area contributed by atoms with Crippen LogP contribution in [0.4, 0.5) is 0 Å². The quantitative estimate of drug-likeness (QED) is 0.0842. The summed E-state index contributed by atoms with van der Waals surface area (Å²) in [5.41, 5.74) is 0. The van der Waals surface area contributed by atoms with E-state index in [0.717, 1.165) is 19.3 Å². The molecule has 164 valence electrons. The molecule has 2 heteroatoms. The fourth-order valence-electron chi connectivity index (χ4n) is 3.28. The van der Waals surface area contributed by atoms with Gasteiger partial charge in [-0.15, -0.1) is 0 Å². The maximum atomic E-state index is 11.6. The smallest absolute Gasteiger partial charge is 0.310 e. The highest BCUT2D eigenvalue weighted by Gasteiger charge is 2.00. The molecule has 0 aliphatic rings. The van der Waals surface area contributed by atoms with E-state index in [1.54, 1.807) is 6.26 Å². The molecule has 0 aliphatic carbocycles. The summed E-state index contributed by atoms with van der Waals surface area (Å²) in [4.78, 5) is 11.6. The van der Waals surface area contributed by atoms with E-state index in [9.17, 15) is 4.79 Å². The van der Waals surface area contributed by atoms with Crippen LogP contribution in [-0.4, -0.2) is 5.97 Å². The minimum atomic E-state index is -0.0811. The zero-order valence-corrected chi connectivity index (χ0v) is 19.1. The molecule has 2 nitrogen and oxygen atoms in total. The van der Waals surface area contributed by atoms with E-state index in [0.29, 0.717) is 6.42 Å². The molecule has 0 aromatic heterocycles. The van der Waals surface area contributed by atoms with Gasteiger partial charge < -0.3 is 4.74 Å². The molecule has 28 heavy (non-hydrogen) atoms. The number of esters is 1. The summed E-state index contributed by atoms with van der Waals surface area (Å²) in [7, 11) is 0. The van der Waals surface area contributed by atoms with Crippen LogP contribution in [0.1, 0.15) is 136 Å². The molecule has 0 amide bonds. The Labute approximate surface area is 176 Å². The number of allylic oxidation sites excluding steroid dienone is 3. The maximum absolute atomic E-state index is 11.6. The maximum Gasteiger partial charge on any atom is 0.310 e. The minimum absolute atomic E-state index is 0.0811. The third-order valence-electron chi connectivity index (χ3n) is 5.16. The molecule has 0 N–H and O–H groups in total. The Morgan fingerprint density at radius 2 is 1.00 bits per heavy atom. The van der Waals surface area contributed by atoms with E-state index in [4.69, 9.17) is 4.74 Å². The molecule has 0 unspecified atom stereocenters. The third kappa shape index (κ3) is 23.0. The van der Waals surface area contributed by atoms with Gasteiger partial charge in [-0.1, -0.05) is 96.6 Å². The van der Waals surface area contributed by atoms with Gasteiger partial charge in [0.25, 0.3) is 0 Å². The van der Waals surface area contributed by atoms with Crippen LogP contribution in [0.3, 0.4) is 0 Å². The van der Waals surface area contributed by atoms with Crippen molar-refractivity contribution < 1.29 is 9.53 Å². The van der Waals surface area contributed by atoms with E-state index in [1.165, 1.54) is 96.3 Å². The first kappa shape index (κ1) is 27.0. The molecule has 0 aromatic carbocycles. The van der Waals surface area contributed by atoms with Crippen molar-refractivity contribution >= 4 is 5.97 Å². The lowest BCUT2D eigenvalue weighted by atomic mass is 10.1. The van der Waals surface area contributed by atoms with Gasteiger partial charge in [0.15, 0.2) is 0 Å². The van der Waals surface area contributed by atoms with Crippen molar-refractivity contribution in [3.05, 3.63) is 24.5 Å². The highest BCUT2D eigenvalue weighted by Crippen LogP contribution is 2.10. The number of carbonyl (C=O) groups is 1. The van der Waals surface area contributed by atoms with Crippen molar-refractivity contribution in [2.75, 3.05) is 0 Å². The van der Waals surface area contributed by atoms with E-state index < -0.39 is 0 Å². The first-order valence-corrected chi connectivity index (χ1v) is 12.3. The van der Waals surface area contributed by atoms with E-state index >= 15 is 0 Å². The Bertz CT molecular complexity index is 371. The monoisotopic (exact) mass is 392 g/mol. The molecule has 0 fully saturated rings. The van der Waals surface area contributed by atoms with Crippen LogP contribution >= 0.6 is 0 Å². The molecule has 0 saturated heterocycles. The second kappa shape index (κ2) is 24.0. The van der Waals surface area contributed by atoms with Crippen LogP contribution in [0.2, 0.25) is 0 Å². The summed E-state index contributed by atoms with van der Waals surface area (Å²) in [6.07, 6.45) is 31.5. The Hall–Kier alpha value is -1.05. The number of carbonyl (C=O) groups excluding carboxylic acids is 1. The highest BCUT2D eigenvalue weighted by molar-refractivity contribution is 5.69. The minimum Gasteiger partial charge on any atom is -0.435 e. The zero-order valence-electron chi connectivity index (χ0n) is 19.1. The van der Waals surface area contributed by atoms with Crippen molar-refractivity contribution in [2.24, 2.45) is 0 Å². The van der Waals surface area contributed by atoms with Crippen molar-refractivity contribution in [3.63, 3.8) is 0 Å². The van der Waals surface area contributed by atoms with Crippen molar-refractivity contribution in [2.45, 2.75) is 136 Å². The number of rotatable bonds is 21. The van der Waals surface area contributed by atoms with Crippen molar-refractivity contribution in [1.82, 2.24) is 0 Å². The van der Waals surface area contributed by atoms with Gasteiger partial charge in [0, 0.05) is 6.42 Å². The molecule has 0 aliphatic heterocycles. The largest absolute Gasteiger partial charge is 0.435 e. The van der Waals surface area contributed by atoms with E-state index in [-0.39, 0.29) is 5.97 Å². The van der Waals surface area contributed by atoms with Crippen LogP contribution < -0.4 is 0 Å². The second-order valence-corrected chi connectivity index (χ2v) is 8.05. The SMILES string of the molecule is CCCCCC/C=C/OC(=O)CCCCCCC/C=C\CCCCCCCC. The standard InChI is InChI=1S/C26H48O2/c1-3-5-7-9-11-12-13-14-15-16-17-18-19-20-22-24-26(27)28-25-23-21-10-8-6-4-2/h14-15,23,25H,3-13,16-22,24H2,1-2H3/b15-14-,25-23+. The van der Waals surface area contributed by atoms with Gasteiger partial charge in [0.05, 0.1) is 6.26 Å². The Morgan fingerprint density at radius 1 is 0.571 bits per heavy atom. The van der Waals surface area contributed by atoms with Crippen molar-refractivity contribution in [3.8, 4) is 0 Å². The topological polar surface area (TPSA) is 26.3 Å². The van der Waals surface area contributed by atoms with Gasteiger partial charge in [-0.25, -0.2) is 0 Å². The van der Waals surface area contributed by atoms with Crippen LogP contribution in [0, 0.1) is 0 Å². The number of unbranched alkanes of at least 4 members (excludes halogenated alkanes) is 15. The van der Waals surface area contributed by atoms with Gasteiger partial charge >= 0.3 is 5.97 Å². The lowest BCUT2D eigenvalue weighted by molar-refractivity contribution is -0.138. The Kier molecular flexibility index (Phi) is 23.1. The molecule has 0 radical (unpaired) electrons. The van der Waals surface area contributed by atoms with Crippen LogP contribution in [0.5, 0.6) is 0 Å². The predicted octanol–water partition coefficient (Wildman–Crippen LogP) is 9.05. The first-order chi connectivity index (χ1) is 13.8. The summed E-state index contributed by atoms with van der Waals surface area (Å²) in [6.45, 7) is 4.49. The summed E-state index contributed by atoms with van der Waals surface area (Å²) in [6, 6.07) is 0. The molecule has 0 rings (SSSR count). The highest BCUT2D eigenvalue weighted by atomic mass is 16.5. The average Bonchev–Trinajstić information content (AvgIpc) is 2.70. The lowest BCUT2D eigenvalue weighted by Crippen LogP contribution is -1.98. The van der Waals surface area contributed by atoms with Crippen LogP contribution in [0.25, 0.3) is 0 Å². The number of hydrogen-bond acceptors (Lipinski definition) is 2. The molecule has 0 bridgehead atoms. The van der Waals surface area contributed by atoms with Gasteiger partial charge in [0.2, 0.25) is 0 Å². The van der Waals surface area contributed by atoms with E-state index in [2.05, 4.69) is 26.0 Å². The van der Waals surface area contributed by atoms with Crippen LogP contribution in [-0.2, 0) is 9.53 Å². The van der Waals surface area contributed by atoms with Crippen LogP contribution in [0.15, 0.2) is 24.5 Å². The Morgan fingerprint density at radius 3 is 1.57 bits per heavy atom. The van der Waals surface area contributed by atoms with Gasteiger partial charge in [-0.3, -0.25) is 4.79 Å². The summed E-state index contributed by atoms with van der Waals surface area (Å²) < 4.78 is 5.14. The number of hydrogen-bond donors (Lipinski definition) is 0.